The molecule has 0 saturated carbocycles. The minimum absolute atomic E-state index is 0.298. The Balaban J connectivity index is 2.26. The van der Waals surface area contributed by atoms with Gasteiger partial charge in [0, 0.05) is 28.9 Å². The lowest BCUT2D eigenvalue weighted by Gasteiger charge is -2.13. The number of pyridine rings is 1. The Morgan fingerprint density at radius 1 is 1.47 bits per heavy atom. The molecule has 3 nitrogen and oxygen atoms in total. The maximum absolute atomic E-state index is 4.45. The monoisotopic (exact) mass is 265 g/mol. The average Bonchev–Trinajstić information content (AvgIpc) is 2.74. The average molecular weight is 265 g/mol. The van der Waals surface area contributed by atoms with Crippen LogP contribution in [0.5, 0.6) is 0 Å². The van der Waals surface area contributed by atoms with Crippen molar-refractivity contribution in [2.24, 2.45) is 0 Å². The van der Waals surface area contributed by atoms with Crippen LogP contribution < -0.4 is 5.32 Å². The van der Waals surface area contributed by atoms with Crippen molar-refractivity contribution in [2.45, 2.75) is 29.3 Å². The molecule has 0 aliphatic heterocycles. The number of hydrogen-bond donors (Lipinski definition) is 1. The second kappa shape index (κ2) is 5.62. The number of thiazole rings is 1. The van der Waals surface area contributed by atoms with Crippen LogP contribution in [0.4, 0.5) is 0 Å². The maximum atomic E-state index is 4.45. The molecule has 5 heteroatoms. The molecule has 1 unspecified atom stereocenters. The van der Waals surface area contributed by atoms with E-state index in [-0.39, 0.29) is 0 Å². The third kappa shape index (κ3) is 3.06. The summed E-state index contributed by atoms with van der Waals surface area (Å²) in [6.07, 6.45) is 1.83. The normalized spacial score (nSPS) is 12.6. The fourth-order valence-corrected chi connectivity index (χ4v) is 3.36. The molecule has 0 spiro atoms. The molecule has 0 aliphatic rings. The van der Waals surface area contributed by atoms with Crippen molar-refractivity contribution in [3.63, 3.8) is 0 Å². The van der Waals surface area contributed by atoms with Crippen LogP contribution >= 0.6 is 23.1 Å². The van der Waals surface area contributed by atoms with Crippen LogP contribution in [0.2, 0.25) is 0 Å². The molecule has 0 aromatic carbocycles. The van der Waals surface area contributed by atoms with Gasteiger partial charge in [0.15, 0.2) is 4.34 Å². The first-order valence-corrected chi connectivity index (χ1v) is 7.12. The van der Waals surface area contributed by atoms with E-state index >= 15 is 0 Å². The smallest absolute Gasteiger partial charge is 0.156 e. The van der Waals surface area contributed by atoms with E-state index in [0.717, 1.165) is 15.1 Å². The van der Waals surface area contributed by atoms with E-state index in [1.54, 1.807) is 23.1 Å². The summed E-state index contributed by atoms with van der Waals surface area (Å²) < 4.78 is 1.05. The quantitative estimate of drug-likeness (QED) is 0.920. The summed E-state index contributed by atoms with van der Waals surface area (Å²) in [7, 11) is 1.96. The van der Waals surface area contributed by atoms with Gasteiger partial charge in [0.25, 0.3) is 0 Å². The zero-order valence-electron chi connectivity index (χ0n) is 10.1. The molecular formula is C12H15N3S2. The van der Waals surface area contributed by atoms with Crippen molar-refractivity contribution in [2.75, 3.05) is 7.05 Å². The number of aromatic nitrogens is 2. The number of rotatable bonds is 4. The highest BCUT2D eigenvalue weighted by molar-refractivity contribution is 8.01. The summed E-state index contributed by atoms with van der Waals surface area (Å²) in [6.45, 7) is 4.14. The summed E-state index contributed by atoms with van der Waals surface area (Å²) in [5, 5.41) is 6.34. The molecule has 0 fully saturated rings. The molecule has 2 heterocycles. The zero-order chi connectivity index (χ0) is 12.3. The van der Waals surface area contributed by atoms with Crippen molar-refractivity contribution < 1.29 is 0 Å². The van der Waals surface area contributed by atoms with Crippen molar-refractivity contribution in [3.8, 4) is 0 Å². The first-order valence-electron chi connectivity index (χ1n) is 5.43. The number of nitrogens with zero attached hydrogens (tertiary/aromatic N) is 2. The molecule has 0 saturated heterocycles. The predicted octanol–water partition coefficient (Wildman–Crippen LogP) is 3.28. The third-order valence-corrected chi connectivity index (χ3v) is 4.57. The topological polar surface area (TPSA) is 37.8 Å². The molecule has 1 N–H and O–H groups in total. The van der Waals surface area contributed by atoms with Gasteiger partial charge >= 0.3 is 0 Å². The summed E-state index contributed by atoms with van der Waals surface area (Å²) in [5.74, 6) is 0. The van der Waals surface area contributed by atoms with Crippen LogP contribution in [-0.4, -0.2) is 17.0 Å². The Hall–Kier alpha value is -0.910. The van der Waals surface area contributed by atoms with E-state index in [9.17, 15) is 0 Å². The summed E-state index contributed by atoms with van der Waals surface area (Å²) >= 11 is 3.30. The van der Waals surface area contributed by atoms with Gasteiger partial charge in [-0.1, -0.05) is 6.07 Å². The van der Waals surface area contributed by atoms with Gasteiger partial charge in [-0.05, 0) is 38.7 Å². The van der Waals surface area contributed by atoms with Crippen LogP contribution in [0.3, 0.4) is 0 Å². The highest BCUT2D eigenvalue weighted by Crippen LogP contribution is 2.33. The Bertz CT molecular complexity index is 496. The molecule has 0 radical (unpaired) electrons. The van der Waals surface area contributed by atoms with Crippen LogP contribution in [0.1, 0.15) is 24.2 Å². The first kappa shape index (κ1) is 12.5. The highest BCUT2D eigenvalue weighted by atomic mass is 32.2. The van der Waals surface area contributed by atoms with Gasteiger partial charge in [0.1, 0.15) is 5.03 Å². The van der Waals surface area contributed by atoms with Crippen molar-refractivity contribution >= 4 is 23.1 Å². The van der Waals surface area contributed by atoms with Gasteiger partial charge < -0.3 is 5.32 Å². The van der Waals surface area contributed by atoms with Gasteiger partial charge in [-0.25, -0.2) is 9.97 Å². The minimum Gasteiger partial charge on any atom is -0.313 e. The molecule has 0 amide bonds. The molecule has 17 heavy (non-hydrogen) atoms. The van der Waals surface area contributed by atoms with Crippen molar-refractivity contribution in [3.05, 3.63) is 35.0 Å². The maximum Gasteiger partial charge on any atom is 0.156 e. The fourth-order valence-electron chi connectivity index (χ4n) is 1.44. The van der Waals surface area contributed by atoms with E-state index < -0.39 is 0 Å². The van der Waals surface area contributed by atoms with Crippen molar-refractivity contribution in [1.82, 2.24) is 15.3 Å². The fraction of sp³-hybridized carbons (Fsp3) is 0.333. The summed E-state index contributed by atoms with van der Waals surface area (Å²) in [6, 6.07) is 4.38. The molecular weight excluding hydrogens is 250 g/mol. The second-order valence-corrected chi connectivity index (χ2v) is 5.86. The van der Waals surface area contributed by atoms with Crippen molar-refractivity contribution in [1.29, 1.82) is 0 Å². The Kier molecular flexibility index (Phi) is 4.15. The standard InChI is InChI=1S/C12H15N3S2/c1-8-7-16-12(15-8)17-11-10(9(2)13-3)5-4-6-14-11/h4-7,9,13H,1-3H3. The molecule has 2 rings (SSSR count). The molecule has 2 aromatic heterocycles. The SMILES string of the molecule is CNC(C)c1cccnc1Sc1nc(C)cs1. The van der Waals surface area contributed by atoms with E-state index in [0.29, 0.717) is 6.04 Å². The lowest BCUT2D eigenvalue weighted by Crippen LogP contribution is -2.13. The Labute approximate surface area is 110 Å². The zero-order valence-corrected chi connectivity index (χ0v) is 11.7. The van der Waals surface area contributed by atoms with Crippen LogP contribution in [0.25, 0.3) is 0 Å². The lowest BCUT2D eigenvalue weighted by molar-refractivity contribution is 0.634. The molecule has 0 aliphatic carbocycles. The predicted molar refractivity (Wildman–Crippen MR) is 72.7 cm³/mol. The van der Waals surface area contributed by atoms with E-state index in [4.69, 9.17) is 0 Å². The van der Waals surface area contributed by atoms with Crippen LogP contribution in [0.15, 0.2) is 33.1 Å². The van der Waals surface area contributed by atoms with Gasteiger partial charge in [0.2, 0.25) is 0 Å². The molecule has 1 atom stereocenters. The number of hydrogen-bond acceptors (Lipinski definition) is 5. The van der Waals surface area contributed by atoms with E-state index in [2.05, 4.69) is 33.7 Å². The minimum atomic E-state index is 0.298. The first-order chi connectivity index (χ1) is 8.20. The van der Waals surface area contributed by atoms with Crippen LogP contribution in [0, 0.1) is 6.92 Å². The van der Waals surface area contributed by atoms with Gasteiger partial charge in [-0.3, -0.25) is 0 Å². The molecule has 90 valence electrons. The van der Waals surface area contributed by atoms with Gasteiger partial charge in [-0.2, -0.15) is 0 Å². The number of aryl methyl sites for hydroxylation is 1. The van der Waals surface area contributed by atoms with Gasteiger partial charge in [0.05, 0.1) is 0 Å². The second-order valence-electron chi connectivity index (χ2n) is 3.77. The number of nitrogens with one attached hydrogen (secondary N) is 1. The summed E-state index contributed by atoms with van der Waals surface area (Å²) in [5.41, 5.74) is 2.28. The van der Waals surface area contributed by atoms with E-state index in [1.807, 2.05) is 26.2 Å². The molecule has 0 bridgehead atoms. The molecule has 2 aromatic rings. The lowest BCUT2D eigenvalue weighted by atomic mass is 10.1. The summed E-state index contributed by atoms with van der Waals surface area (Å²) in [4.78, 5) is 8.90. The Morgan fingerprint density at radius 3 is 2.94 bits per heavy atom. The van der Waals surface area contributed by atoms with E-state index in [1.165, 1.54) is 5.56 Å². The van der Waals surface area contributed by atoms with Gasteiger partial charge in [-0.15, -0.1) is 11.3 Å². The largest absolute Gasteiger partial charge is 0.313 e. The highest BCUT2D eigenvalue weighted by Gasteiger charge is 2.12. The van der Waals surface area contributed by atoms with Crippen LogP contribution in [-0.2, 0) is 0 Å². The third-order valence-electron chi connectivity index (χ3n) is 2.48. The Morgan fingerprint density at radius 2 is 2.29 bits per heavy atom.